The summed E-state index contributed by atoms with van der Waals surface area (Å²) in [6.45, 7) is 1.81. The van der Waals surface area contributed by atoms with Gasteiger partial charge in [-0.1, -0.05) is 0 Å². The average Bonchev–Trinajstić information content (AvgIpc) is 2.56. The maximum absolute atomic E-state index is 11.8. The van der Waals surface area contributed by atoms with Gasteiger partial charge in [-0.05, 0) is 24.1 Å². The molecule has 0 saturated heterocycles. The number of aryl methyl sites for hydroxylation is 1. The summed E-state index contributed by atoms with van der Waals surface area (Å²) >= 11 is 0. The predicted octanol–water partition coefficient (Wildman–Crippen LogP) is 0.983. The maximum atomic E-state index is 11.8. The van der Waals surface area contributed by atoms with Gasteiger partial charge in [-0.25, -0.2) is 9.97 Å². The molecule has 0 spiro atoms. The van der Waals surface area contributed by atoms with Crippen molar-refractivity contribution in [1.82, 2.24) is 15.0 Å². The maximum Gasteiger partial charge on any atom is 0.269 e. The van der Waals surface area contributed by atoms with Crippen LogP contribution in [0.5, 0.6) is 5.88 Å². The smallest absolute Gasteiger partial charge is 0.269 e. The van der Waals surface area contributed by atoms with Gasteiger partial charge in [-0.15, -0.1) is 0 Å². The Labute approximate surface area is 136 Å². The van der Waals surface area contributed by atoms with E-state index in [9.17, 15) is 9.59 Å². The summed E-state index contributed by atoms with van der Waals surface area (Å²) in [6.07, 6.45) is 1.56. The zero-order valence-corrected chi connectivity index (χ0v) is 13.1. The molecule has 1 amide bonds. The number of nitrogens with two attached hydrogens (primary N) is 2. The SMILES string of the molecule is COc1ccc2nc(C(N)=O)c(N)c(-c3cc(=O)[nH]cc3C)c2n1. The van der Waals surface area contributed by atoms with Crippen molar-refractivity contribution in [1.29, 1.82) is 0 Å². The fraction of sp³-hybridized carbons (Fsp3) is 0.125. The summed E-state index contributed by atoms with van der Waals surface area (Å²) in [5.74, 6) is -0.395. The van der Waals surface area contributed by atoms with Crippen LogP contribution in [0.15, 0.2) is 29.2 Å². The van der Waals surface area contributed by atoms with Crippen LogP contribution in [0.4, 0.5) is 5.69 Å². The molecule has 0 unspecified atom stereocenters. The van der Waals surface area contributed by atoms with Gasteiger partial charge < -0.3 is 21.2 Å². The molecule has 8 nitrogen and oxygen atoms in total. The molecule has 8 heteroatoms. The number of primary amides is 1. The molecule has 3 aromatic rings. The molecule has 0 saturated carbocycles. The Kier molecular flexibility index (Phi) is 3.64. The first kappa shape index (κ1) is 15.5. The predicted molar refractivity (Wildman–Crippen MR) is 89.8 cm³/mol. The van der Waals surface area contributed by atoms with E-state index in [0.717, 1.165) is 5.56 Å². The Morgan fingerprint density at radius 2 is 2.04 bits per heavy atom. The largest absolute Gasteiger partial charge is 0.481 e. The first-order valence-electron chi connectivity index (χ1n) is 7.06. The number of nitrogens with one attached hydrogen (secondary N) is 1. The van der Waals surface area contributed by atoms with E-state index in [0.29, 0.717) is 28.0 Å². The van der Waals surface area contributed by atoms with Crippen molar-refractivity contribution >= 4 is 22.6 Å². The summed E-state index contributed by atoms with van der Waals surface area (Å²) in [7, 11) is 1.49. The van der Waals surface area contributed by atoms with Gasteiger partial charge in [0.2, 0.25) is 11.4 Å². The number of aromatic amines is 1. The van der Waals surface area contributed by atoms with Gasteiger partial charge in [0.05, 0.1) is 18.3 Å². The molecule has 0 radical (unpaired) electrons. The molecule has 3 heterocycles. The number of rotatable bonds is 3. The number of hydrogen-bond acceptors (Lipinski definition) is 6. The number of hydrogen-bond donors (Lipinski definition) is 3. The normalized spacial score (nSPS) is 10.8. The summed E-state index contributed by atoms with van der Waals surface area (Å²) < 4.78 is 5.15. The minimum Gasteiger partial charge on any atom is -0.481 e. The highest BCUT2D eigenvalue weighted by molar-refractivity contribution is 6.07. The molecule has 24 heavy (non-hydrogen) atoms. The number of pyridine rings is 3. The second-order valence-electron chi connectivity index (χ2n) is 5.23. The van der Waals surface area contributed by atoms with Gasteiger partial charge in [0.1, 0.15) is 5.52 Å². The van der Waals surface area contributed by atoms with Gasteiger partial charge in [-0.3, -0.25) is 9.59 Å². The molecule has 0 aliphatic heterocycles. The van der Waals surface area contributed by atoms with Crippen LogP contribution < -0.4 is 21.8 Å². The van der Waals surface area contributed by atoms with E-state index in [1.807, 2.05) is 0 Å². The van der Waals surface area contributed by atoms with Gasteiger partial charge in [0.15, 0.2) is 5.69 Å². The van der Waals surface area contributed by atoms with Gasteiger partial charge in [0, 0.05) is 23.9 Å². The number of nitrogens with zero attached hydrogens (tertiary/aromatic N) is 2. The Hall–Kier alpha value is -3.42. The fourth-order valence-corrected chi connectivity index (χ4v) is 2.52. The number of ether oxygens (including phenoxy) is 1. The lowest BCUT2D eigenvalue weighted by Gasteiger charge is -2.14. The second kappa shape index (κ2) is 5.65. The molecule has 0 aliphatic carbocycles. The number of carbonyl (C=O) groups is 1. The quantitative estimate of drug-likeness (QED) is 0.656. The zero-order chi connectivity index (χ0) is 17.4. The van der Waals surface area contributed by atoms with Crippen molar-refractivity contribution in [3.8, 4) is 17.0 Å². The topological polar surface area (TPSA) is 137 Å². The van der Waals surface area contributed by atoms with Crippen LogP contribution in [0, 0.1) is 6.92 Å². The van der Waals surface area contributed by atoms with E-state index in [1.54, 1.807) is 25.3 Å². The third-order valence-corrected chi connectivity index (χ3v) is 3.68. The highest BCUT2D eigenvalue weighted by Gasteiger charge is 2.20. The fourth-order valence-electron chi connectivity index (χ4n) is 2.52. The Balaban J connectivity index is 2.51. The lowest BCUT2D eigenvalue weighted by Crippen LogP contribution is -2.17. The minimum absolute atomic E-state index is 0.0656. The molecular weight excluding hydrogens is 310 g/mol. The molecule has 3 rings (SSSR count). The number of anilines is 1. The molecule has 3 aromatic heterocycles. The standard InChI is InChI=1S/C16H15N5O3/c1-7-6-19-10(22)5-8(7)12-13(17)15(16(18)23)20-9-3-4-11(24-2)21-14(9)12/h3-6H,17H2,1-2H3,(H2,18,23)(H,19,22). The number of amides is 1. The van der Waals surface area contributed by atoms with E-state index in [1.165, 1.54) is 13.2 Å². The van der Waals surface area contributed by atoms with E-state index >= 15 is 0 Å². The second-order valence-corrected chi connectivity index (χ2v) is 5.23. The van der Waals surface area contributed by atoms with Crippen molar-refractivity contribution in [2.75, 3.05) is 12.8 Å². The van der Waals surface area contributed by atoms with Crippen LogP contribution >= 0.6 is 0 Å². The summed E-state index contributed by atoms with van der Waals surface area (Å²) in [5, 5.41) is 0. The molecule has 0 fully saturated rings. The van der Waals surface area contributed by atoms with Crippen molar-refractivity contribution in [3.63, 3.8) is 0 Å². The molecule has 0 aromatic carbocycles. The third-order valence-electron chi connectivity index (χ3n) is 3.68. The summed E-state index contributed by atoms with van der Waals surface area (Å²) in [4.78, 5) is 34.6. The number of methoxy groups -OCH3 is 1. The molecule has 122 valence electrons. The highest BCUT2D eigenvalue weighted by Crippen LogP contribution is 2.35. The van der Waals surface area contributed by atoms with E-state index in [4.69, 9.17) is 16.2 Å². The van der Waals surface area contributed by atoms with Crippen molar-refractivity contribution in [2.45, 2.75) is 6.92 Å². The van der Waals surface area contributed by atoms with Crippen LogP contribution in [0.1, 0.15) is 16.1 Å². The van der Waals surface area contributed by atoms with Crippen molar-refractivity contribution < 1.29 is 9.53 Å². The van der Waals surface area contributed by atoms with E-state index in [-0.39, 0.29) is 16.9 Å². The van der Waals surface area contributed by atoms with Crippen LogP contribution in [-0.2, 0) is 0 Å². The summed E-state index contributed by atoms with van der Waals surface area (Å²) in [5.41, 5.74) is 13.8. The average molecular weight is 325 g/mol. The molecule has 0 bridgehead atoms. The van der Waals surface area contributed by atoms with E-state index in [2.05, 4.69) is 15.0 Å². The van der Waals surface area contributed by atoms with Crippen LogP contribution in [-0.4, -0.2) is 28.0 Å². The van der Waals surface area contributed by atoms with Crippen molar-refractivity contribution in [3.05, 3.63) is 46.0 Å². The zero-order valence-electron chi connectivity index (χ0n) is 13.1. The lowest BCUT2D eigenvalue weighted by atomic mass is 9.98. The number of H-pyrrole nitrogens is 1. The Morgan fingerprint density at radius 3 is 2.71 bits per heavy atom. The van der Waals surface area contributed by atoms with Crippen LogP contribution in [0.3, 0.4) is 0 Å². The first-order chi connectivity index (χ1) is 11.4. The molecule has 5 N–H and O–H groups in total. The molecule has 0 atom stereocenters. The Bertz CT molecular complexity index is 1030. The van der Waals surface area contributed by atoms with Gasteiger partial charge in [-0.2, -0.15) is 0 Å². The number of carbonyl (C=O) groups excluding carboxylic acids is 1. The number of fused-ring (bicyclic) bond motifs is 1. The monoisotopic (exact) mass is 325 g/mol. The van der Waals surface area contributed by atoms with Crippen LogP contribution in [0.25, 0.3) is 22.2 Å². The first-order valence-corrected chi connectivity index (χ1v) is 7.06. The molecule has 0 aliphatic rings. The number of aromatic nitrogens is 3. The van der Waals surface area contributed by atoms with Gasteiger partial charge >= 0.3 is 0 Å². The van der Waals surface area contributed by atoms with Crippen LogP contribution in [0.2, 0.25) is 0 Å². The Morgan fingerprint density at radius 1 is 1.29 bits per heavy atom. The molecular formula is C16H15N5O3. The third kappa shape index (κ3) is 2.43. The van der Waals surface area contributed by atoms with E-state index < -0.39 is 5.91 Å². The lowest BCUT2D eigenvalue weighted by molar-refractivity contribution is 0.0997. The summed E-state index contributed by atoms with van der Waals surface area (Å²) in [6, 6.07) is 4.66. The minimum atomic E-state index is -0.756. The number of nitrogen functional groups attached to an aromatic ring is 1. The van der Waals surface area contributed by atoms with Gasteiger partial charge in [0.25, 0.3) is 5.91 Å². The highest BCUT2D eigenvalue weighted by atomic mass is 16.5. The van der Waals surface area contributed by atoms with Crippen molar-refractivity contribution in [2.24, 2.45) is 5.73 Å².